The molecule has 1 unspecified atom stereocenters. The minimum absolute atomic E-state index is 0.0214. The van der Waals surface area contributed by atoms with Gasteiger partial charge in [0, 0.05) is 17.2 Å². The zero-order valence-corrected chi connectivity index (χ0v) is 16.5. The van der Waals surface area contributed by atoms with Crippen LogP contribution >= 0.6 is 0 Å². The molecule has 2 aromatic carbocycles. The molecule has 0 bridgehead atoms. The molecule has 1 aromatic heterocycles. The Morgan fingerprint density at radius 2 is 1.74 bits per heavy atom. The number of aliphatic hydroxyl groups excluding tert-OH is 4. The van der Waals surface area contributed by atoms with E-state index in [0.717, 1.165) is 0 Å². The van der Waals surface area contributed by atoms with E-state index < -0.39 is 36.8 Å². The lowest BCUT2D eigenvalue weighted by molar-refractivity contribution is -0.357. The highest BCUT2D eigenvalue weighted by atomic mass is 16.7. The average molecular weight is 430 g/mol. The second-order valence-corrected chi connectivity index (χ2v) is 7.38. The van der Waals surface area contributed by atoms with E-state index in [9.17, 15) is 30.3 Å². The van der Waals surface area contributed by atoms with Gasteiger partial charge in [-0.15, -0.1) is 0 Å². The topological polar surface area (TPSA) is 150 Å². The Balaban J connectivity index is 1.80. The number of rotatable bonds is 4. The molecule has 0 spiro atoms. The molecule has 1 aliphatic rings. The average Bonchev–Trinajstić information content (AvgIpc) is 2.79. The van der Waals surface area contributed by atoms with Crippen LogP contribution in [0.2, 0.25) is 0 Å². The fraction of sp³-hybridized carbons (Fsp3) is 0.318. The van der Waals surface area contributed by atoms with Crippen LogP contribution in [0, 0.1) is 0 Å². The number of ether oxygens (including phenoxy) is 2. The zero-order valence-electron chi connectivity index (χ0n) is 16.5. The fourth-order valence-corrected chi connectivity index (χ4v) is 3.67. The fourth-order valence-electron chi connectivity index (χ4n) is 3.67. The highest BCUT2D eigenvalue weighted by Crippen LogP contribution is 2.37. The molecule has 5 N–H and O–H groups in total. The summed E-state index contributed by atoms with van der Waals surface area (Å²) < 4.78 is 16.3. The Bertz CT molecular complexity index is 1140. The highest BCUT2D eigenvalue weighted by molar-refractivity contribution is 5.79. The van der Waals surface area contributed by atoms with Crippen molar-refractivity contribution in [2.45, 2.75) is 30.2 Å². The first kappa shape index (κ1) is 21.4. The van der Waals surface area contributed by atoms with Crippen LogP contribution in [0.1, 0.15) is 5.56 Å². The van der Waals surface area contributed by atoms with E-state index in [2.05, 4.69) is 0 Å². The van der Waals surface area contributed by atoms with Gasteiger partial charge in [-0.3, -0.25) is 4.79 Å². The lowest BCUT2D eigenvalue weighted by Gasteiger charge is -2.45. The van der Waals surface area contributed by atoms with Gasteiger partial charge in [0.2, 0.25) is 5.79 Å². The van der Waals surface area contributed by atoms with Crippen LogP contribution in [0.25, 0.3) is 22.3 Å². The number of fused-ring (bicyclic) bond motifs is 1. The third-order valence-electron chi connectivity index (χ3n) is 5.48. The van der Waals surface area contributed by atoms with Gasteiger partial charge in [0.05, 0.1) is 19.1 Å². The number of hydrogen-bond acceptors (Lipinski definition) is 9. The summed E-state index contributed by atoms with van der Waals surface area (Å²) in [6, 6.07) is 12.3. The molecule has 0 saturated carbocycles. The lowest BCUT2D eigenvalue weighted by Crippen LogP contribution is -2.63. The summed E-state index contributed by atoms with van der Waals surface area (Å²) in [5.74, 6) is -1.54. The predicted molar refractivity (Wildman–Crippen MR) is 108 cm³/mol. The molecule has 4 rings (SSSR count). The first-order chi connectivity index (χ1) is 14.8. The van der Waals surface area contributed by atoms with E-state index in [1.807, 2.05) is 0 Å². The van der Waals surface area contributed by atoms with E-state index in [-0.39, 0.29) is 27.7 Å². The van der Waals surface area contributed by atoms with Gasteiger partial charge < -0.3 is 39.4 Å². The van der Waals surface area contributed by atoms with Crippen molar-refractivity contribution >= 4 is 11.0 Å². The molecule has 1 aliphatic heterocycles. The minimum Gasteiger partial charge on any atom is -0.497 e. The molecule has 9 heteroatoms. The van der Waals surface area contributed by atoms with Crippen LogP contribution in [-0.4, -0.2) is 63.7 Å². The van der Waals surface area contributed by atoms with Crippen molar-refractivity contribution < 1.29 is 39.4 Å². The quantitative estimate of drug-likeness (QED) is 0.388. The van der Waals surface area contributed by atoms with Crippen LogP contribution in [0.5, 0.6) is 5.75 Å². The molecular formula is C22H22O9. The molecule has 31 heavy (non-hydrogen) atoms. The summed E-state index contributed by atoms with van der Waals surface area (Å²) in [7, 11) is 1.54. The Labute approximate surface area is 176 Å². The van der Waals surface area contributed by atoms with Crippen molar-refractivity contribution in [2.24, 2.45) is 0 Å². The van der Waals surface area contributed by atoms with Gasteiger partial charge in [-0.05, 0) is 36.4 Å². The highest BCUT2D eigenvalue weighted by Gasteiger charge is 2.53. The lowest BCUT2D eigenvalue weighted by atomic mass is 9.88. The van der Waals surface area contributed by atoms with Gasteiger partial charge >= 0.3 is 0 Å². The smallest absolute Gasteiger partial charge is 0.222 e. The maximum absolute atomic E-state index is 12.6. The van der Waals surface area contributed by atoms with Crippen molar-refractivity contribution in [1.82, 2.24) is 0 Å². The Morgan fingerprint density at radius 3 is 2.39 bits per heavy atom. The minimum atomic E-state index is -2.45. The van der Waals surface area contributed by atoms with Gasteiger partial charge in [0.25, 0.3) is 0 Å². The van der Waals surface area contributed by atoms with Gasteiger partial charge in [0.1, 0.15) is 41.5 Å². The number of methoxy groups -OCH3 is 1. The van der Waals surface area contributed by atoms with Gasteiger partial charge in [0.15, 0.2) is 5.43 Å². The van der Waals surface area contributed by atoms with Crippen LogP contribution < -0.4 is 10.2 Å². The third kappa shape index (κ3) is 3.61. The summed E-state index contributed by atoms with van der Waals surface area (Å²) >= 11 is 0. The van der Waals surface area contributed by atoms with Crippen LogP contribution in [0.3, 0.4) is 0 Å². The van der Waals surface area contributed by atoms with Crippen molar-refractivity contribution in [1.29, 1.82) is 0 Å². The second kappa shape index (κ2) is 8.04. The van der Waals surface area contributed by atoms with Gasteiger partial charge in [-0.1, -0.05) is 6.07 Å². The Hall–Kier alpha value is -2.79. The van der Waals surface area contributed by atoms with Crippen molar-refractivity contribution in [3.05, 3.63) is 64.3 Å². The SMILES string of the molecule is COc1ccc(-c2cc(=O)c3ccc(C4(O)O[C@H](CO)[C@@H](O)[C@H](O)[C@H]4O)cc3o2)cc1. The third-order valence-corrected chi connectivity index (χ3v) is 5.48. The zero-order chi connectivity index (χ0) is 22.3. The molecule has 1 saturated heterocycles. The summed E-state index contributed by atoms with van der Waals surface area (Å²) in [6.07, 6.45) is -6.62. The summed E-state index contributed by atoms with van der Waals surface area (Å²) in [5.41, 5.74) is 0.393. The molecule has 5 atom stereocenters. The molecule has 9 nitrogen and oxygen atoms in total. The molecular weight excluding hydrogens is 408 g/mol. The first-order valence-electron chi connectivity index (χ1n) is 9.56. The van der Waals surface area contributed by atoms with Gasteiger partial charge in [-0.25, -0.2) is 0 Å². The molecule has 2 heterocycles. The number of hydrogen-bond donors (Lipinski definition) is 5. The van der Waals surface area contributed by atoms with E-state index in [4.69, 9.17) is 13.9 Å². The normalized spacial score (nSPS) is 28.6. The summed E-state index contributed by atoms with van der Waals surface area (Å²) in [4.78, 5) is 12.6. The van der Waals surface area contributed by atoms with E-state index in [1.54, 1.807) is 24.3 Å². The first-order valence-corrected chi connectivity index (χ1v) is 9.56. The van der Waals surface area contributed by atoms with Crippen LogP contribution in [-0.2, 0) is 10.5 Å². The van der Waals surface area contributed by atoms with Gasteiger partial charge in [-0.2, -0.15) is 0 Å². The monoisotopic (exact) mass is 430 g/mol. The maximum Gasteiger partial charge on any atom is 0.222 e. The molecule has 3 aromatic rings. The summed E-state index contributed by atoms with van der Waals surface area (Å²) in [5, 5.41) is 51.0. The standard InChI is InChI=1S/C22H22O9/c1-29-13-5-2-11(3-6-13)16-9-15(24)14-7-4-12(8-17(14)30-16)22(28)21(27)20(26)19(25)18(10-23)31-22/h2-9,18-21,23,25-28H,10H2,1H3/t18-,19-,20+,21-,22?/m1/s1. The van der Waals surface area contributed by atoms with Crippen molar-refractivity contribution in [3.63, 3.8) is 0 Å². The molecule has 0 aliphatic carbocycles. The maximum atomic E-state index is 12.6. The van der Waals surface area contributed by atoms with E-state index in [1.165, 1.54) is 31.4 Å². The Kier molecular flexibility index (Phi) is 5.56. The van der Waals surface area contributed by atoms with Crippen molar-refractivity contribution in [3.8, 4) is 17.1 Å². The molecule has 164 valence electrons. The predicted octanol–water partition coefficient (Wildman–Crippen LogP) is 0.0875. The largest absolute Gasteiger partial charge is 0.497 e. The second-order valence-electron chi connectivity index (χ2n) is 7.38. The van der Waals surface area contributed by atoms with Crippen LogP contribution in [0.4, 0.5) is 0 Å². The summed E-state index contributed by atoms with van der Waals surface area (Å²) in [6.45, 7) is -0.697. The molecule has 0 amide bonds. The molecule has 1 fully saturated rings. The number of benzene rings is 2. The van der Waals surface area contributed by atoms with Crippen LogP contribution in [0.15, 0.2) is 57.7 Å². The van der Waals surface area contributed by atoms with Crippen molar-refractivity contribution in [2.75, 3.05) is 13.7 Å². The Morgan fingerprint density at radius 1 is 1.03 bits per heavy atom. The van der Waals surface area contributed by atoms with E-state index >= 15 is 0 Å². The van der Waals surface area contributed by atoms with E-state index in [0.29, 0.717) is 11.3 Å². The molecule has 0 radical (unpaired) electrons. The number of aliphatic hydroxyl groups is 5.